The zero-order chi connectivity index (χ0) is 16.7. The van der Waals surface area contributed by atoms with Gasteiger partial charge in [-0.05, 0) is 24.3 Å². The number of rotatable bonds is 8. The fraction of sp³-hybridized carbons (Fsp3) is 0.312. The van der Waals surface area contributed by atoms with Crippen LogP contribution < -0.4 is 10.1 Å². The summed E-state index contributed by atoms with van der Waals surface area (Å²) in [5.74, 6) is -1.41. The number of aliphatic hydroxyl groups is 1. The Morgan fingerprint density at radius 3 is 2.83 bits per heavy atom. The quantitative estimate of drug-likeness (QED) is 0.779. The number of aryl methyl sites for hydroxylation is 1. The molecular weight excluding hydrogens is 308 g/mol. The number of aliphatic hydroxyl groups excluding tert-OH is 1. The zero-order valence-corrected chi connectivity index (χ0v) is 12.3. The van der Waals surface area contributed by atoms with Gasteiger partial charge >= 0.3 is 0 Å². The smallest absolute Gasteiger partial charge is 0.220 e. The van der Waals surface area contributed by atoms with E-state index >= 15 is 0 Å². The largest absolute Gasteiger partial charge is 0.491 e. The van der Waals surface area contributed by atoms with Gasteiger partial charge in [-0.1, -0.05) is 0 Å². The van der Waals surface area contributed by atoms with Gasteiger partial charge in [0.25, 0.3) is 0 Å². The predicted molar refractivity (Wildman–Crippen MR) is 77.9 cm³/mol. The predicted octanol–water partition coefficient (Wildman–Crippen LogP) is 2.05. The van der Waals surface area contributed by atoms with E-state index in [4.69, 9.17) is 9.15 Å². The number of furan rings is 1. The maximum atomic E-state index is 13.0. The summed E-state index contributed by atoms with van der Waals surface area (Å²) in [4.78, 5) is 11.6. The molecular formula is C16H17F2NO4. The van der Waals surface area contributed by atoms with Gasteiger partial charge in [-0.25, -0.2) is 8.78 Å². The van der Waals surface area contributed by atoms with Crippen molar-refractivity contribution in [1.29, 1.82) is 0 Å². The summed E-state index contributed by atoms with van der Waals surface area (Å²) >= 11 is 0. The van der Waals surface area contributed by atoms with Gasteiger partial charge in [-0.3, -0.25) is 4.79 Å². The van der Waals surface area contributed by atoms with E-state index in [1.54, 1.807) is 12.1 Å². The minimum atomic E-state index is -1.02. The normalized spacial score (nSPS) is 12.0. The van der Waals surface area contributed by atoms with Crippen LogP contribution in [-0.4, -0.2) is 30.3 Å². The van der Waals surface area contributed by atoms with Gasteiger partial charge in [0.15, 0.2) is 11.6 Å². The van der Waals surface area contributed by atoms with Crippen LogP contribution in [0.4, 0.5) is 8.78 Å². The molecule has 0 aliphatic rings. The molecule has 1 atom stereocenters. The van der Waals surface area contributed by atoms with Gasteiger partial charge in [-0.2, -0.15) is 0 Å². The molecule has 2 aromatic rings. The topological polar surface area (TPSA) is 71.7 Å². The van der Waals surface area contributed by atoms with Crippen LogP contribution in [-0.2, 0) is 11.2 Å². The van der Waals surface area contributed by atoms with Crippen molar-refractivity contribution < 1.29 is 27.8 Å². The second-order valence-corrected chi connectivity index (χ2v) is 4.92. The van der Waals surface area contributed by atoms with Crippen LogP contribution in [0.2, 0.25) is 0 Å². The lowest BCUT2D eigenvalue weighted by Crippen LogP contribution is -2.35. The van der Waals surface area contributed by atoms with Crippen molar-refractivity contribution in [2.75, 3.05) is 13.2 Å². The molecule has 0 fully saturated rings. The van der Waals surface area contributed by atoms with Crippen LogP contribution in [0.15, 0.2) is 41.0 Å². The minimum absolute atomic E-state index is 0.000660. The van der Waals surface area contributed by atoms with Gasteiger partial charge in [0.05, 0.1) is 6.26 Å². The lowest BCUT2D eigenvalue weighted by Gasteiger charge is -2.13. The van der Waals surface area contributed by atoms with E-state index in [1.165, 1.54) is 12.3 Å². The van der Waals surface area contributed by atoms with Crippen molar-refractivity contribution in [2.45, 2.75) is 18.9 Å². The highest BCUT2D eigenvalue weighted by Crippen LogP contribution is 2.15. The molecule has 23 heavy (non-hydrogen) atoms. The van der Waals surface area contributed by atoms with Crippen molar-refractivity contribution in [1.82, 2.24) is 5.32 Å². The molecule has 1 unspecified atom stereocenters. The van der Waals surface area contributed by atoms with Crippen molar-refractivity contribution in [3.05, 3.63) is 54.0 Å². The highest BCUT2D eigenvalue weighted by atomic mass is 19.2. The Labute approximate surface area is 131 Å². The first kappa shape index (κ1) is 17.0. The van der Waals surface area contributed by atoms with Crippen molar-refractivity contribution in [3.8, 4) is 5.75 Å². The summed E-state index contributed by atoms with van der Waals surface area (Å²) in [5, 5.41) is 12.3. The van der Waals surface area contributed by atoms with Crippen molar-refractivity contribution in [2.24, 2.45) is 0 Å². The fourth-order valence-corrected chi connectivity index (χ4v) is 1.83. The molecule has 1 heterocycles. The first-order chi connectivity index (χ1) is 11.0. The van der Waals surface area contributed by atoms with Crippen LogP contribution in [0.3, 0.4) is 0 Å². The van der Waals surface area contributed by atoms with Gasteiger partial charge in [0.2, 0.25) is 5.91 Å². The second-order valence-electron chi connectivity index (χ2n) is 4.92. The molecule has 0 aliphatic heterocycles. The summed E-state index contributed by atoms with van der Waals surface area (Å²) in [7, 11) is 0. The maximum absolute atomic E-state index is 13.0. The molecule has 1 aromatic carbocycles. The van der Waals surface area contributed by atoms with Crippen molar-refractivity contribution >= 4 is 5.91 Å². The number of benzene rings is 1. The number of hydrogen-bond acceptors (Lipinski definition) is 4. The molecule has 0 aliphatic carbocycles. The fourth-order valence-electron chi connectivity index (χ4n) is 1.83. The number of amides is 1. The summed E-state index contributed by atoms with van der Waals surface area (Å²) in [6, 6.07) is 6.61. The molecule has 1 aromatic heterocycles. The maximum Gasteiger partial charge on any atom is 0.220 e. The highest BCUT2D eigenvalue weighted by Gasteiger charge is 2.10. The molecule has 2 N–H and O–H groups in total. The standard InChI is InChI=1S/C16H17F2NO4/c17-14-5-3-13(8-15(14)18)23-10-11(20)9-19-16(21)6-4-12-2-1-7-22-12/h1-3,5,7-8,11,20H,4,6,9-10H2,(H,19,21). The summed E-state index contributed by atoms with van der Waals surface area (Å²) in [6.07, 6.45) is 1.28. The third-order valence-electron chi connectivity index (χ3n) is 3.05. The summed E-state index contributed by atoms with van der Waals surface area (Å²) < 4.78 is 36.0. The Bertz CT molecular complexity index is 631. The molecule has 5 nitrogen and oxygen atoms in total. The van der Waals surface area contributed by atoms with E-state index in [1.807, 2.05) is 0 Å². The third kappa shape index (κ3) is 5.71. The lowest BCUT2D eigenvalue weighted by atomic mass is 10.2. The van der Waals surface area contributed by atoms with Crippen LogP contribution in [0.5, 0.6) is 5.75 Å². The molecule has 124 valence electrons. The van der Waals surface area contributed by atoms with Gasteiger partial charge in [0, 0.05) is 25.5 Å². The second kappa shape index (κ2) is 8.28. The zero-order valence-electron chi connectivity index (χ0n) is 12.3. The monoisotopic (exact) mass is 325 g/mol. The van der Waals surface area contributed by atoms with E-state index in [-0.39, 0.29) is 31.2 Å². The van der Waals surface area contributed by atoms with Crippen LogP contribution >= 0.6 is 0 Å². The average molecular weight is 325 g/mol. The Kier molecular flexibility index (Phi) is 6.10. The van der Waals surface area contributed by atoms with Crippen LogP contribution in [0, 0.1) is 11.6 Å². The molecule has 2 rings (SSSR count). The average Bonchev–Trinajstić information content (AvgIpc) is 3.05. The number of nitrogens with one attached hydrogen (secondary N) is 1. The van der Waals surface area contributed by atoms with E-state index in [0.717, 1.165) is 12.1 Å². The first-order valence-corrected chi connectivity index (χ1v) is 7.09. The Balaban J connectivity index is 1.65. The molecule has 0 radical (unpaired) electrons. The third-order valence-corrected chi connectivity index (χ3v) is 3.05. The lowest BCUT2D eigenvalue weighted by molar-refractivity contribution is -0.121. The van der Waals surface area contributed by atoms with E-state index in [0.29, 0.717) is 12.2 Å². The first-order valence-electron chi connectivity index (χ1n) is 7.09. The summed E-state index contributed by atoms with van der Waals surface area (Å²) in [6.45, 7) is -0.149. The molecule has 0 bridgehead atoms. The van der Waals surface area contributed by atoms with Crippen LogP contribution in [0.1, 0.15) is 12.2 Å². The van der Waals surface area contributed by atoms with Crippen molar-refractivity contribution in [3.63, 3.8) is 0 Å². The molecule has 0 saturated carbocycles. The van der Waals surface area contributed by atoms with E-state index in [9.17, 15) is 18.7 Å². The Morgan fingerprint density at radius 2 is 2.13 bits per heavy atom. The molecule has 0 spiro atoms. The van der Waals surface area contributed by atoms with Gasteiger partial charge in [-0.15, -0.1) is 0 Å². The molecule has 7 heteroatoms. The molecule has 1 amide bonds. The number of halogens is 2. The highest BCUT2D eigenvalue weighted by molar-refractivity contribution is 5.76. The number of carbonyl (C=O) groups is 1. The van der Waals surface area contributed by atoms with Gasteiger partial charge < -0.3 is 19.6 Å². The SMILES string of the molecule is O=C(CCc1ccco1)NCC(O)COc1ccc(F)c(F)c1. The number of carbonyl (C=O) groups excluding carboxylic acids is 1. The minimum Gasteiger partial charge on any atom is -0.491 e. The molecule has 0 saturated heterocycles. The van der Waals surface area contributed by atoms with Crippen LogP contribution in [0.25, 0.3) is 0 Å². The summed E-state index contributed by atoms with van der Waals surface area (Å²) in [5.41, 5.74) is 0. The number of ether oxygens (including phenoxy) is 1. The number of hydrogen-bond donors (Lipinski definition) is 2. The Hall–Kier alpha value is -2.41. The van der Waals surface area contributed by atoms with Gasteiger partial charge in [0.1, 0.15) is 24.2 Å². The Morgan fingerprint density at radius 1 is 1.30 bits per heavy atom. The van der Waals surface area contributed by atoms with E-state index < -0.39 is 17.7 Å². The van der Waals surface area contributed by atoms with E-state index in [2.05, 4.69) is 5.32 Å².